The van der Waals surface area contributed by atoms with Crippen LogP contribution in [0.15, 0.2) is 4.99 Å². The minimum atomic E-state index is 0.684. The van der Waals surface area contributed by atoms with E-state index in [1.165, 1.54) is 11.5 Å². The Labute approximate surface area is 130 Å². The predicted molar refractivity (Wildman–Crippen MR) is 86.3 cm³/mol. The van der Waals surface area contributed by atoms with Crippen molar-refractivity contribution in [2.45, 2.75) is 13.3 Å². The number of aromatic nitrogens is 2. The number of piperazine rings is 1. The second-order valence-electron chi connectivity index (χ2n) is 4.79. The lowest BCUT2D eigenvalue weighted by molar-refractivity contribution is 0.202. The van der Waals surface area contributed by atoms with Crippen molar-refractivity contribution in [1.82, 2.24) is 19.6 Å². The van der Waals surface area contributed by atoms with E-state index in [1.54, 1.807) is 7.11 Å². The van der Waals surface area contributed by atoms with Gasteiger partial charge < -0.3 is 19.9 Å². The van der Waals surface area contributed by atoms with E-state index in [2.05, 4.69) is 36.4 Å². The van der Waals surface area contributed by atoms with E-state index in [0.717, 1.165) is 56.1 Å². The number of hydrogen-bond acceptors (Lipinski definition) is 6. The number of ether oxygens (including phenoxy) is 1. The highest BCUT2D eigenvalue weighted by molar-refractivity contribution is 7.09. The van der Waals surface area contributed by atoms with Gasteiger partial charge in [0.25, 0.3) is 0 Å². The number of guanidine groups is 1. The number of hydrogen-bond donors (Lipinski definition) is 1. The van der Waals surface area contributed by atoms with Crippen LogP contribution in [-0.4, -0.2) is 73.7 Å². The molecular weight excluding hydrogens is 288 g/mol. The zero-order valence-corrected chi connectivity index (χ0v) is 13.8. The monoisotopic (exact) mass is 312 g/mol. The summed E-state index contributed by atoms with van der Waals surface area (Å²) in [5, 5.41) is 4.35. The van der Waals surface area contributed by atoms with Gasteiger partial charge in [0, 0.05) is 64.8 Å². The largest absolute Gasteiger partial charge is 0.383 e. The summed E-state index contributed by atoms with van der Waals surface area (Å²) >= 11 is 1.50. The van der Waals surface area contributed by atoms with Gasteiger partial charge in [0.2, 0.25) is 5.13 Å². The van der Waals surface area contributed by atoms with Crippen molar-refractivity contribution in [3.05, 3.63) is 5.82 Å². The van der Waals surface area contributed by atoms with Crippen LogP contribution in [0.2, 0.25) is 0 Å². The van der Waals surface area contributed by atoms with Crippen LogP contribution in [0.3, 0.4) is 0 Å². The standard InChI is InChI=1S/C13H24N6OS/c1-4-11-16-13(21-17-11)19-8-6-18(7-9-19)12(14-2)15-5-10-20-3/h4-10H2,1-3H3,(H,14,15). The number of anilines is 1. The molecule has 1 saturated heterocycles. The van der Waals surface area contributed by atoms with Gasteiger partial charge in [-0.25, -0.2) is 4.98 Å². The van der Waals surface area contributed by atoms with Crippen LogP contribution in [0.4, 0.5) is 5.13 Å². The summed E-state index contributed by atoms with van der Waals surface area (Å²) in [5.41, 5.74) is 0. The molecule has 0 saturated carbocycles. The number of aryl methyl sites for hydroxylation is 1. The topological polar surface area (TPSA) is 65.9 Å². The van der Waals surface area contributed by atoms with Gasteiger partial charge in [0.1, 0.15) is 5.82 Å². The summed E-state index contributed by atoms with van der Waals surface area (Å²) in [5.74, 6) is 1.88. The maximum absolute atomic E-state index is 5.05. The summed E-state index contributed by atoms with van der Waals surface area (Å²) in [6.45, 7) is 7.32. The van der Waals surface area contributed by atoms with Gasteiger partial charge in [0.15, 0.2) is 5.96 Å². The molecule has 8 heteroatoms. The molecule has 118 valence electrons. The van der Waals surface area contributed by atoms with Crippen molar-refractivity contribution in [2.75, 3.05) is 58.4 Å². The van der Waals surface area contributed by atoms with Crippen LogP contribution in [0.5, 0.6) is 0 Å². The Kier molecular flexibility index (Phi) is 6.19. The number of nitrogens with zero attached hydrogens (tertiary/aromatic N) is 5. The van der Waals surface area contributed by atoms with Crippen LogP contribution < -0.4 is 10.2 Å². The van der Waals surface area contributed by atoms with Crippen LogP contribution in [0.1, 0.15) is 12.7 Å². The van der Waals surface area contributed by atoms with Crippen LogP contribution in [-0.2, 0) is 11.2 Å². The first-order chi connectivity index (χ1) is 10.3. The van der Waals surface area contributed by atoms with Gasteiger partial charge in [-0.2, -0.15) is 4.37 Å². The highest BCUT2D eigenvalue weighted by Crippen LogP contribution is 2.19. The van der Waals surface area contributed by atoms with Gasteiger partial charge in [-0.3, -0.25) is 4.99 Å². The Morgan fingerprint density at radius 2 is 2.14 bits per heavy atom. The first kappa shape index (κ1) is 16.0. The van der Waals surface area contributed by atoms with Crippen molar-refractivity contribution in [1.29, 1.82) is 0 Å². The number of rotatable bonds is 5. The van der Waals surface area contributed by atoms with E-state index in [-0.39, 0.29) is 0 Å². The molecule has 0 atom stereocenters. The third kappa shape index (κ3) is 4.28. The van der Waals surface area contributed by atoms with Gasteiger partial charge >= 0.3 is 0 Å². The normalized spacial score (nSPS) is 16.4. The zero-order chi connectivity index (χ0) is 15.1. The SMILES string of the molecule is CCc1nsc(N2CCN(C(=NC)NCCOC)CC2)n1. The van der Waals surface area contributed by atoms with Crippen LogP contribution in [0, 0.1) is 0 Å². The number of aliphatic imine (C=N–C) groups is 1. The number of nitrogens with one attached hydrogen (secondary N) is 1. The van der Waals surface area contributed by atoms with E-state index in [0.29, 0.717) is 6.61 Å². The molecule has 0 aliphatic carbocycles. The fraction of sp³-hybridized carbons (Fsp3) is 0.769. The quantitative estimate of drug-likeness (QED) is 0.484. The Morgan fingerprint density at radius 1 is 1.38 bits per heavy atom. The van der Waals surface area contributed by atoms with Gasteiger partial charge in [-0.1, -0.05) is 6.92 Å². The molecule has 2 heterocycles. The molecule has 0 radical (unpaired) electrons. The van der Waals surface area contributed by atoms with E-state index in [4.69, 9.17) is 4.74 Å². The molecule has 7 nitrogen and oxygen atoms in total. The lowest BCUT2D eigenvalue weighted by Crippen LogP contribution is -2.53. The maximum Gasteiger partial charge on any atom is 0.205 e. The van der Waals surface area contributed by atoms with Crippen molar-refractivity contribution >= 4 is 22.6 Å². The van der Waals surface area contributed by atoms with Crippen LogP contribution >= 0.6 is 11.5 Å². The van der Waals surface area contributed by atoms with Gasteiger partial charge in [-0.05, 0) is 0 Å². The molecule has 21 heavy (non-hydrogen) atoms. The van der Waals surface area contributed by atoms with Gasteiger partial charge in [-0.15, -0.1) is 0 Å². The minimum Gasteiger partial charge on any atom is -0.383 e. The highest BCUT2D eigenvalue weighted by Gasteiger charge is 2.21. The molecule has 1 fully saturated rings. The lowest BCUT2D eigenvalue weighted by atomic mass is 10.3. The molecule has 0 aromatic carbocycles. The van der Waals surface area contributed by atoms with E-state index < -0.39 is 0 Å². The summed E-state index contributed by atoms with van der Waals surface area (Å²) in [6, 6.07) is 0. The fourth-order valence-electron chi connectivity index (χ4n) is 2.22. The molecule has 1 aliphatic heterocycles. The molecule has 0 amide bonds. The zero-order valence-electron chi connectivity index (χ0n) is 13.0. The van der Waals surface area contributed by atoms with Crippen molar-refractivity contribution in [3.8, 4) is 0 Å². The average molecular weight is 312 g/mol. The van der Waals surface area contributed by atoms with Gasteiger partial charge in [0.05, 0.1) is 6.61 Å². The Morgan fingerprint density at radius 3 is 2.71 bits per heavy atom. The third-order valence-corrected chi connectivity index (χ3v) is 4.24. The molecule has 0 spiro atoms. The van der Waals surface area contributed by atoms with Crippen molar-refractivity contribution in [2.24, 2.45) is 4.99 Å². The first-order valence-electron chi connectivity index (χ1n) is 7.30. The van der Waals surface area contributed by atoms with E-state index in [9.17, 15) is 0 Å². The summed E-state index contributed by atoms with van der Waals surface area (Å²) in [4.78, 5) is 13.5. The molecule has 1 aromatic heterocycles. The maximum atomic E-state index is 5.05. The smallest absolute Gasteiger partial charge is 0.205 e. The molecule has 2 rings (SSSR count). The molecule has 0 bridgehead atoms. The second kappa shape index (κ2) is 8.14. The average Bonchev–Trinajstić information content (AvgIpc) is 3.01. The van der Waals surface area contributed by atoms with E-state index in [1.807, 2.05) is 7.05 Å². The Bertz CT molecular complexity index is 455. The molecule has 1 aromatic rings. The summed E-state index contributed by atoms with van der Waals surface area (Å²) < 4.78 is 9.41. The summed E-state index contributed by atoms with van der Waals surface area (Å²) in [6.07, 6.45) is 0.895. The second-order valence-corrected chi connectivity index (χ2v) is 5.52. The Hall–Kier alpha value is -1.41. The molecule has 1 N–H and O–H groups in total. The summed E-state index contributed by atoms with van der Waals surface area (Å²) in [7, 11) is 3.52. The first-order valence-corrected chi connectivity index (χ1v) is 8.07. The lowest BCUT2D eigenvalue weighted by Gasteiger charge is -2.36. The Balaban J connectivity index is 1.84. The van der Waals surface area contributed by atoms with E-state index >= 15 is 0 Å². The predicted octanol–water partition coefficient (Wildman–Crippen LogP) is 0.444. The molecule has 1 aliphatic rings. The third-order valence-electron chi connectivity index (χ3n) is 3.42. The molecule has 0 unspecified atom stereocenters. The van der Waals surface area contributed by atoms with Crippen molar-refractivity contribution in [3.63, 3.8) is 0 Å². The van der Waals surface area contributed by atoms with Crippen LogP contribution in [0.25, 0.3) is 0 Å². The fourth-order valence-corrected chi connectivity index (χ4v) is 3.02. The number of methoxy groups -OCH3 is 1. The molecular formula is C13H24N6OS. The van der Waals surface area contributed by atoms with Crippen molar-refractivity contribution < 1.29 is 4.74 Å². The minimum absolute atomic E-state index is 0.684. The highest BCUT2D eigenvalue weighted by atomic mass is 32.1.